The van der Waals surface area contributed by atoms with E-state index in [1.54, 1.807) is 29.9 Å². The number of aromatic nitrogens is 3. The molecular weight excluding hydrogens is 340 g/mol. The molecule has 0 aliphatic carbocycles. The molecule has 1 aromatic carbocycles. The van der Waals surface area contributed by atoms with Crippen molar-refractivity contribution in [3.8, 4) is 17.0 Å². The number of imidazole rings is 1. The first-order valence-electron chi connectivity index (χ1n) is 7.50. The Hall–Kier alpha value is -3.13. The zero-order valence-corrected chi connectivity index (χ0v) is 14.3. The van der Waals surface area contributed by atoms with Crippen LogP contribution in [0.15, 0.2) is 46.4 Å². The Morgan fingerprint density at radius 3 is 2.80 bits per heavy atom. The van der Waals surface area contributed by atoms with Crippen LogP contribution in [0.25, 0.3) is 16.2 Å². The van der Waals surface area contributed by atoms with Crippen LogP contribution in [0.5, 0.6) is 5.75 Å². The van der Waals surface area contributed by atoms with Crippen LogP contribution in [0.3, 0.4) is 0 Å². The second-order valence-corrected chi connectivity index (χ2v) is 6.25. The second kappa shape index (κ2) is 6.06. The van der Waals surface area contributed by atoms with Crippen LogP contribution >= 0.6 is 11.3 Å². The number of anilines is 1. The maximum absolute atomic E-state index is 12.5. The summed E-state index contributed by atoms with van der Waals surface area (Å²) in [6, 6.07) is 9.29. The maximum atomic E-state index is 12.5. The molecule has 7 nitrogen and oxygen atoms in total. The molecule has 1 amide bonds. The molecule has 0 atom stereocenters. The van der Waals surface area contributed by atoms with Crippen molar-refractivity contribution in [2.75, 3.05) is 12.4 Å². The Morgan fingerprint density at radius 2 is 2.12 bits per heavy atom. The number of methoxy groups -OCH3 is 1. The van der Waals surface area contributed by atoms with Crippen molar-refractivity contribution in [2.45, 2.75) is 6.92 Å². The molecule has 0 radical (unpaired) electrons. The average Bonchev–Trinajstić information content (AvgIpc) is 3.30. The molecule has 126 valence electrons. The van der Waals surface area contributed by atoms with E-state index in [9.17, 15) is 4.79 Å². The Morgan fingerprint density at radius 1 is 1.32 bits per heavy atom. The number of carbonyl (C=O) groups excluding carboxylic acids is 1. The van der Waals surface area contributed by atoms with Crippen molar-refractivity contribution >= 4 is 28.1 Å². The number of amides is 1. The van der Waals surface area contributed by atoms with Crippen molar-refractivity contribution in [3.63, 3.8) is 0 Å². The van der Waals surface area contributed by atoms with Gasteiger partial charge in [0.2, 0.25) is 5.88 Å². The van der Waals surface area contributed by atoms with Gasteiger partial charge in [0.15, 0.2) is 4.96 Å². The van der Waals surface area contributed by atoms with Gasteiger partial charge >= 0.3 is 0 Å². The third-order valence-electron chi connectivity index (χ3n) is 3.69. The van der Waals surface area contributed by atoms with Crippen LogP contribution in [0.1, 0.15) is 16.2 Å². The van der Waals surface area contributed by atoms with Crippen LogP contribution in [0, 0.1) is 6.92 Å². The number of rotatable bonds is 4. The number of hydrogen-bond donors (Lipinski definition) is 1. The summed E-state index contributed by atoms with van der Waals surface area (Å²) in [6.45, 7) is 1.79. The van der Waals surface area contributed by atoms with Gasteiger partial charge in [-0.05, 0) is 31.2 Å². The molecule has 25 heavy (non-hydrogen) atoms. The van der Waals surface area contributed by atoms with Gasteiger partial charge in [0.05, 0.1) is 18.5 Å². The van der Waals surface area contributed by atoms with E-state index in [1.807, 2.05) is 30.5 Å². The lowest BCUT2D eigenvalue weighted by Gasteiger charge is -2.01. The van der Waals surface area contributed by atoms with Crippen LogP contribution in [0.4, 0.5) is 5.88 Å². The Bertz CT molecular complexity index is 1050. The number of nitrogens with one attached hydrogen (secondary N) is 1. The highest BCUT2D eigenvalue weighted by Crippen LogP contribution is 2.25. The number of fused-ring (bicyclic) bond motifs is 1. The molecule has 0 fully saturated rings. The van der Waals surface area contributed by atoms with Gasteiger partial charge in [0.1, 0.15) is 11.4 Å². The molecule has 4 aromatic rings. The molecule has 0 aliphatic rings. The van der Waals surface area contributed by atoms with Crippen molar-refractivity contribution in [2.24, 2.45) is 0 Å². The number of ether oxygens (including phenoxy) is 1. The number of nitrogens with zero attached hydrogens (tertiary/aromatic N) is 3. The van der Waals surface area contributed by atoms with Crippen LogP contribution in [-0.2, 0) is 0 Å². The van der Waals surface area contributed by atoms with Crippen LogP contribution < -0.4 is 10.1 Å². The first kappa shape index (κ1) is 15.4. The SMILES string of the molecule is COc1ccc(-c2cn3c(C(=O)Nc4cc(C)no4)csc3n2)cc1. The molecular formula is C17H14N4O3S. The fourth-order valence-corrected chi connectivity index (χ4v) is 3.30. The molecule has 3 heterocycles. The lowest BCUT2D eigenvalue weighted by molar-refractivity contribution is 0.101. The first-order valence-corrected chi connectivity index (χ1v) is 8.37. The van der Waals surface area contributed by atoms with E-state index in [1.165, 1.54) is 11.3 Å². The molecule has 0 spiro atoms. The van der Waals surface area contributed by atoms with Gasteiger partial charge in [-0.2, -0.15) is 0 Å². The monoisotopic (exact) mass is 354 g/mol. The van der Waals surface area contributed by atoms with Gasteiger partial charge < -0.3 is 9.26 Å². The standard InChI is InChI=1S/C17H14N4O3S/c1-10-7-15(24-20-10)19-16(22)14-9-25-17-18-13(8-21(14)17)11-3-5-12(23-2)6-4-11/h3-9H,1-2H3,(H,19,22). The third kappa shape index (κ3) is 2.87. The molecule has 8 heteroatoms. The number of carbonyl (C=O) groups is 1. The summed E-state index contributed by atoms with van der Waals surface area (Å²) >= 11 is 1.40. The van der Waals surface area contributed by atoms with Crippen molar-refractivity contribution in [1.82, 2.24) is 14.5 Å². The summed E-state index contributed by atoms with van der Waals surface area (Å²) in [5, 5.41) is 8.21. The second-order valence-electron chi connectivity index (χ2n) is 5.41. The molecule has 1 N–H and O–H groups in total. The van der Waals surface area contributed by atoms with E-state index in [4.69, 9.17) is 9.26 Å². The topological polar surface area (TPSA) is 81.7 Å². The van der Waals surface area contributed by atoms with Gasteiger partial charge in [0, 0.05) is 23.2 Å². The van der Waals surface area contributed by atoms with E-state index in [-0.39, 0.29) is 5.91 Å². The molecule has 0 saturated heterocycles. The normalized spacial score (nSPS) is 11.0. The average molecular weight is 354 g/mol. The highest BCUT2D eigenvalue weighted by Gasteiger charge is 2.16. The summed E-state index contributed by atoms with van der Waals surface area (Å²) < 4.78 is 12.0. The number of aryl methyl sites for hydroxylation is 1. The van der Waals surface area contributed by atoms with Crippen molar-refractivity contribution in [3.05, 3.63) is 53.3 Å². The van der Waals surface area contributed by atoms with E-state index in [0.29, 0.717) is 17.3 Å². The quantitative estimate of drug-likeness (QED) is 0.605. The van der Waals surface area contributed by atoms with E-state index in [0.717, 1.165) is 22.0 Å². The van der Waals surface area contributed by atoms with E-state index in [2.05, 4.69) is 15.5 Å². The minimum absolute atomic E-state index is 0.277. The van der Waals surface area contributed by atoms with Gasteiger partial charge in [-0.1, -0.05) is 5.16 Å². The number of benzene rings is 1. The summed E-state index contributed by atoms with van der Waals surface area (Å²) in [5.74, 6) is 0.825. The largest absolute Gasteiger partial charge is 0.497 e. The molecule has 4 rings (SSSR count). The number of hydrogen-bond acceptors (Lipinski definition) is 6. The molecule has 0 unspecified atom stereocenters. The lowest BCUT2D eigenvalue weighted by atomic mass is 10.2. The summed E-state index contributed by atoms with van der Waals surface area (Å²) in [7, 11) is 1.63. The van der Waals surface area contributed by atoms with E-state index >= 15 is 0 Å². The molecule has 0 saturated carbocycles. The van der Waals surface area contributed by atoms with Gasteiger partial charge in [-0.25, -0.2) is 4.98 Å². The molecule has 0 aliphatic heterocycles. The van der Waals surface area contributed by atoms with Crippen molar-refractivity contribution in [1.29, 1.82) is 0 Å². The highest BCUT2D eigenvalue weighted by molar-refractivity contribution is 7.15. The third-order valence-corrected chi connectivity index (χ3v) is 4.53. The fraction of sp³-hybridized carbons (Fsp3) is 0.118. The van der Waals surface area contributed by atoms with E-state index < -0.39 is 0 Å². The smallest absolute Gasteiger partial charge is 0.275 e. The summed E-state index contributed by atoms with van der Waals surface area (Å²) in [4.78, 5) is 17.8. The minimum Gasteiger partial charge on any atom is -0.497 e. The zero-order chi connectivity index (χ0) is 17.4. The van der Waals surface area contributed by atoms with Crippen LogP contribution in [-0.4, -0.2) is 27.6 Å². The molecule has 3 aromatic heterocycles. The van der Waals surface area contributed by atoms with Crippen molar-refractivity contribution < 1.29 is 14.1 Å². The summed E-state index contributed by atoms with van der Waals surface area (Å²) in [5.41, 5.74) is 2.93. The van der Waals surface area contributed by atoms with Crippen LogP contribution in [0.2, 0.25) is 0 Å². The predicted molar refractivity (Wildman–Crippen MR) is 94.3 cm³/mol. The first-order chi connectivity index (χ1) is 12.1. The Kier molecular flexibility index (Phi) is 3.73. The van der Waals surface area contributed by atoms with Gasteiger partial charge in [-0.3, -0.25) is 14.5 Å². The minimum atomic E-state index is -0.277. The summed E-state index contributed by atoms with van der Waals surface area (Å²) in [6.07, 6.45) is 1.84. The molecule has 0 bridgehead atoms. The number of thiazole rings is 1. The van der Waals surface area contributed by atoms with Gasteiger partial charge in [-0.15, -0.1) is 11.3 Å². The van der Waals surface area contributed by atoms with Gasteiger partial charge in [0.25, 0.3) is 5.91 Å². The Balaban J connectivity index is 1.64. The Labute approximate surface area is 146 Å². The lowest BCUT2D eigenvalue weighted by Crippen LogP contribution is -2.13. The highest BCUT2D eigenvalue weighted by atomic mass is 32.1. The zero-order valence-electron chi connectivity index (χ0n) is 13.5. The maximum Gasteiger partial charge on any atom is 0.275 e. The predicted octanol–water partition coefficient (Wildman–Crippen LogP) is 3.62. The fourth-order valence-electron chi connectivity index (χ4n) is 2.45.